The summed E-state index contributed by atoms with van der Waals surface area (Å²) in [7, 11) is 0. The Labute approximate surface area is 190 Å². The fraction of sp³-hybridized carbons (Fsp3) is 0.920. The summed E-state index contributed by atoms with van der Waals surface area (Å²) in [5.41, 5.74) is 0. The molecule has 0 radical (unpaired) electrons. The Morgan fingerprint density at radius 1 is 1.03 bits per heavy atom. The second kappa shape index (κ2) is 17.7. The molecule has 1 rings (SSSR count). The minimum absolute atomic E-state index is 0.0203. The monoisotopic (exact) mass is 534 g/mol. The van der Waals surface area contributed by atoms with E-state index in [1.54, 1.807) is 0 Å². The Kier molecular flexibility index (Phi) is 16.7. The molecule has 1 aliphatic rings. The van der Waals surface area contributed by atoms with E-state index in [9.17, 15) is 5.11 Å². The molecule has 0 aromatic heterocycles. The maximum atomic E-state index is 9.71. The first-order valence-corrected chi connectivity index (χ1v) is 20.9. The van der Waals surface area contributed by atoms with Crippen LogP contribution in [0.3, 0.4) is 0 Å². The van der Waals surface area contributed by atoms with Crippen molar-refractivity contribution < 1.29 is 19.7 Å². The molecule has 30 heavy (non-hydrogen) atoms. The van der Waals surface area contributed by atoms with Crippen molar-refractivity contribution in [2.75, 3.05) is 13.2 Å². The summed E-state index contributed by atoms with van der Waals surface area (Å²) in [6.07, 6.45) is 16.5. The predicted molar refractivity (Wildman–Crippen MR) is 130 cm³/mol. The van der Waals surface area contributed by atoms with Crippen LogP contribution in [0.1, 0.15) is 91.4 Å². The maximum absolute atomic E-state index is 9.71. The van der Waals surface area contributed by atoms with Gasteiger partial charge in [-0.05, 0) is 0 Å². The minimum atomic E-state index is -2.13. The number of hydrogen-bond acceptors (Lipinski definition) is 4. The second-order valence-electron chi connectivity index (χ2n) is 9.38. The first-order chi connectivity index (χ1) is 14.6. The van der Waals surface area contributed by atoms with Crippen LogP contribution in [0.15, 0.2) is 12.3 Å². The molecule has 178 valence electrons. The van der Waals surface area contributed by atoms with Gasteiger partial charge in [0.05, 0.1) is 0 Å². The molecule has 0 aromatic rings. The van der Waals surface area contributed by atoms with Crippen molar-refractivity contribution >= 4 is 18.4 Å². The van der Waals surface area contributed by atoms with Crippen molar-refractivity contribution in [1.29, 1.82) is 0 Å². The van der Waals surface area contributed by atoms with Gasteiger partial charge in [0, 0.05) is 0 Å². The van der Waals surface area contributed by atoms with E-state index >= 15 is 0 Å². The van der Waals surface area contributed by atoms with Gasteiger partial charge in [-0.1, -0.05) is 0 Å². The summed E-state index contributed by atoms with van der Waals surface area (Å²) in [5.74, 6) is 0. The van der Waals surface area contributed by atoms with Crippen LogP contribution < -0.4 is 0 Å². The normalized spacial score (nSPS) is 21.6. The van der Waals surface area contributed by atoms with E-state index in [2.05, 4.69) is 26.8 Å². The van der Waals surface area contributed by atoms with Crippen LogP contribution in [0.2, 0.25) is 17.7 Å². The fourth-order valence-electron chi connectivity index (χ4n) is 4.64. The van der Waals surface area contributed by atoms with Crippen molar-refractivity contribution in [3.05, 3.63) is 12.3 Å². The average Bonchev–Trinajstić information content (AvgIpc) is 3.00. The quantitative estimate of drug-likeness (QED) is 0.167. The third kappa shape index (κ3) is 11.7. The van der Waals surface area contributed by atoms with Crippen LogP contribution in [0.25, 0.3) is 0 Å². The summed E-state index contributed by atoms with van der Waals surface area (Å²) in [4.78, 5) is 0. The van der Waals surface area contributed by atoms with Gasteiger partial charge in [0.1, 0.15) is 0 Å². The number of hydrogen-bond donors (Lipinski definition) is 2. The van der Waals surface area contributed by atoms with E-state index in [1.165, 1.54) is 56.3 Å². The molecule has 1 saturated heterocycles. The van der Waals surface area contributed by atoms with Gasteiger partial charge in [0.25, 0.3) is 0 Å². The Morgan fingerprint density at radius 2 is 1.67 bits per heavy atom. The van der Waals surface area contributed by atoms with E-state index < -0.39 is 24.5 Å². The third-order valence-electron chi connectivity index (χ3n) is 6.71. The summed E-state index contributed by atoms with van der Waals surface area (Å²) in [6.45, 7) is 7.58. The Hall–Kier alpha value is 0.219. The molecule has 2 N–H and O–H groups in total. The Morgan fingerprint density at radius 3 is 2.23 bits per heavy atom. The molecule has 1 unspecified atom stereocenters. The van der Waals surface area contributed by atoms with Crippen LogP contribution in [-0.2, 0) is 9.47 Å². The Bertz CT molecular complexity index is 408. The van der Waals surface area contributed by atoms with E-state index in [0.717, 1.165) is 32.3 Å². The topological polar surface area (TPSA) is 58.9 Å². The molecule has 5 heteroatoms. The van der Waals surface area contributed by atoms with Gasteiger partial charge in [-0.25, -0.2) is 0 Å². The summed E-state index contributed by atoms with van der Waals surface area (Å²) < 4.78 is 18.2. The van der Waals surface area contributed by atoms with E-state index in [4.69, 9.17) is 14.6 Å². The van der Waals surface area contributed by atoms with Crippen molar-refractivity contribution in [2.24, 2.45) is 0 Å². The molecular formula is C25H50O4Sn. The number of ether oxygens (including phenoxy) is 2. The van der Waals surface area contributed by atoms with Crippen LogP contribution in [0, 0.1) is 0 Å². The number of unbranched alkanes of at least 4 members (excludes halogenated alkanes) is 3. The molecule has 3 atom stereocenters. The molecule has 0 amide bonds. The predicted octanol–water partition coefficient (Wildman–Crippen LogP) is 6.44. The molecule has 4 nitrogen and oxygen atoms in total. The van der Waals surface area contributed by atoms with E-state index in [1.807, 2.05) is 6.26 Å². The molecule has 0 saturated carbocycles. The molecular weight excluding hydrogens is 483 g/mol. The third-order valence-corrected chi connectivity index (χ3v) is 22.0. The van der Waals surface area contributed by atoms with Crippen molar-refractivity contribution in [2.45, 2.75) is 127 Å². The zero-order valence-corrected chi connectivity index (χ0v) is 23.0. The summed E-state index contributed by atoms with van der Waals surface area (Å²) >= 11 is -2.13. The van der Waals surface area contributed by atoms with Gasteiger partial charge in [-0.2, -0.15) is 0 Å². The van der Waals surface area contributed by atoms with Gasteiger partial charge < -0.3 is 0 Å². The van der Waals surface area contributed by atoms with Gasteiger partial charge in [0.15, 0.2) is 0 Å². The van der Waals surface area contributed by atoms with Crippen LogP contribution in [0.4, 0.5) is 0 Å². The van der Waals surface area contributed by atoms with Crippen molar-refractivity contribution in [3.63, 3.8) is 0 Å². The Balaban J connectivity index is 2.68. The van der Waals surface area contributed by atoms with Gasteiger partial charge in [-0.15, -0.1) is 0 Å². The molecule has 0 aromatic carbocycles. The standard InChI is InChI=1S/C13H23O4.3C4H9.Sn/c1-2-8-16-12-5-3-4-9-17-13(12)7-6-11(15)10-14;3*1-3-4-2;/h2,8,11-15H,1,3-7,9-10H2;3*1,3-4H2,2H3;/b8-2-;;;;/t11?,12-,13+;;;;/m0..../s1. The molecule has 1 heterocycles. The number of aliphatic hydroxyl groups is 2. The van der Waals surface area contributed by atoms with Crippen LogP contribution in [-0.4, -0.2) is 60.1 Å². The number of allylic oxidation sites excluding steroid dienone is 1. The van der Waals surface area contributed by atoms with Crippen LogP contribution in [0.5, 0.6) is 0 Å². The molecule has 0 spiro atoms. The molecule has 0 aliphatic carbocycles. The molecule has 0 bridgehead atoms. The van der Waals surface area contributed by atoms with Gasteiger partial charge >= 0.3 is 191 Å². The fourth-order valence-corrected chi connectivity index (χ4v) is 19.7. The van der Waals surface area contributed by atoms with Crippen LogP contribution >= 0.6 is 0 Å². The van der Waals surface area contributed by atoms with Gasteiger partial charge in [0.2, 0.25) is 0 Å². The zero-order chi connectivity index (χ0) is 22.1. The molecule has 1 aliphatic heterocycles. The number of rotatable bonds is 17. The molecule has 1 fully saturated rings. The summed E-state index contributed by atoms with van der Waals surface area (Å²) in [6, 6.07) is 0. The van der Waals surface area contributed by atoms with Gasteiger partial charge in [-0.3, -0.25) is 0 Å². The SMILES string of the molecule is CCC[CH2][Sn]([CH2]/C=C\O[C@H]1CCCCO[C@@H]1CCC(O)CO)([CH2]CCC)[CH2]CCC. The average molecular weight is 533 g/mol. The van der Waals surface area contributed by atoms with Crippen molar-refractivity contribution in [3.8, 4) is 0 Å². The van der Waals surface area contributed by atoms with Crippen molar-refractivity contribution in [1.82, 2.24) is 0 Å². The second-order valence-corrected chi connectivity index (χ2v) is 23.4. The van der Waals surface area contributed by atoms with E-state index in [0.29, 0.717) is 6.42 Å². The summed E-state index contributed by atoms with van der Waals surface area (Å²) in [5, 5.41) is 18.8. The number of aliphatic hydroxyl groups excluding tert-OH is 2. The first kappa shape index (κ1) is 28.3. The van der Waals surface area contributed by atoms with E-state index in [-0.39, 0.29) is 18.8 Å². The first-order valence-electron chi connectivity index (χ1n) is 12.8. The zero-order valence-electron chi connectivity index (χ0n) is 20.1.